The van der Waals surface area contributed by atoms with Gasteiger partial charge in [-0.1, -0.05) is 13.8 Å². The Morgan fingerprint density at radius 3 is 2.28 bits per heavy atom. The first kappa shape index (κ1) is 13.1. The van der Waals surface area contributed by atoms with E-state index in [0.29, 0.717) is 24.5 Å². The molecule has 3 nitrogen and oxygen atoms in total. The lowest BCUT2D eigenvalue weighted by Gasteiger charge is -2.23. The van der Waals surface area contributed by atoms with Crippen LogP contribution in [0.5, 0.6) is 5.75 Å². The molecule has 1 aliphatic rings. The summed E-state index contributed by atoms with van der Waals surface area (Å²) >= 11 is 0. The second-order valence-electron chi connectivity index (χ2n) is 4.91. The van der Waals surface area contributed by atoms with Crippen LogP contribution in [0.15, 0.2) is 24.3 Å². The Kier molecular flexibility index (Phi) is 3.71. The van der Waals surface area contributed by atoms with Gasteiger partial charge in [-0.2, -0.15) is 0 Å². The van der Waals surface area contributed by atoms with Gasteiger partial charge in [-0.15, -0.1) is 0 Å². The Balaban J connectivity index is 2.10. The summed E-state index contributed by atoms with van der Waals surface area (Å²) in [5.74, 6) is 0.594. The van der Waals surface area contributed by atoms with Crippen molar-refractivity contribution in [2.75, 3.05) is 0 Å². The number of hydrogen-bond acceptors (Lipinski definition) is 3. The minimum atomic E-state index is -1.24. The molecule has 2 rings (SSSR count). The fourth-order valence-electron chi connectivity index (χ4n) is 1.90. The molecule has 0 heterocycles. The van der Waals surface area contributed by atoms with Crippen molar-refractivity contribution in [2.24, 2.45) is 0 Å². The second kappa shape index (κ2) is 5.11. The molecule has 0 unspecified atom stereocenters. The summed E-state index contributed by atoms with van der Waals surface area (Å²) in [6.07, 6.45) is 3.46. The SMILES string of the molecule is CCC(O)(CC)C(=O)c1ccc(OC2CC2)cc1. The van der Waals surface area contributed by atoms with Crippen LogP contribution in [0.4, 0.5) is 0 Å². The molecule has 98 valence electrons. The zero-order valence-electron chi connectivity index (χ0n) is 11.0. The van der Waals surface area contributed by atoms with Crippen molar-refractivity contribution in [1.29, 1.82) is 0 Å². The minimum absolute atomic E-state index is 0.203. The van der Waals surface area contributed by atoms with Gasteiger partial charge in [0, 0.05) is 5.56 Å². The molecule has 1 saturated carbocycles. The van der Waals surface area contributed by atoms with Crippen LogP contribution in [-0.4, -0.2) is 22.6 Å². The molecule has 0 amide bonds. The van der Waals surface area contributed by atoms with Crippen molar-refractivity contribution in [1.82, 2.24) is 0 Å². The average molecular weight is 248 g/mol. The Morgan fingerprint density at radius 2 is 1.83 bits per heavy atom. The van der Waals surface area contributed by atoms with Crippen LogP contribution in [0.25, 0.3) is 0 Å². The highest BCUT2D eigenvalue weighted by molar-refractivity contribution is 6.02. The van der Waals surface area contributed by atoms with Crippen LogP contribution in [0, 0.1) is 0 Å². The van der Waals surface area contributed by atoms with Gasteiger partial charge in [0.25, 0.3) is 0 Å². The maximum absolute atomic E-state index is 12.2. The van der Waals surface area contributed by atoms with E-state index in [9.17, 15) is 9.90 Å². The number of ketones is 1. The van der Waals surface area contributed by atoms with Crippen LogP contribution in [0.1, 0.15) is 49.9 Å². The lowest BCUT2D eigenvalue weighted by molar-refractivity contribution is 0.0277. The monoisotopic (exact) mass is 248 g/mol. The van der Waals surface area contributed by atoms with Crippen molar-refractivity contribution in [3.8, 4) is 5.75 Å². The van der Waals surface area contributed by atoms with Crippen molar-refractivity contribution in [2.45, 2.75) is 51.2 Å². The number of aliphatic hydroxyl groups is 1. The summed E-state index contributed by atoms with van der Waals surface area (Å²) < 4.78 is 5.62. The molecule has 0 spiro atoms. The van der Waals surface area contributed by atoms with Crippen LogP contribution in [0.3, 0.4) is 0 Å². The van der Waals surface area contributed by atoms with Crippen molar-refractivity contribution >= 4 is 5.78 Å². The van der Waals surface area contributed by atoms with E-state index in [1.165, 1.54) is 0 Å². The standard InChI is InChI=1S/C15H20O3/c1-3-15(17,4-2)14(16)11-5-7-12(8-6-11)18-13-9-10-13/h5-8,13,17H,3-4,9-10H2,1-2H3. The first-order valence-electron chi connectivity index (χ1n) is 6.63. The zero-order chi connectivity index (χ0) is 13.2. The molecule has 18 heavy (non-hydrogen) atoms. The number of benzene rings is 1. The molecule has 1 aromatic rings. The Labute approximate surface area is 108 Å². The summed E-state index contributed by atoms with van der Waals surface area (Å²) in [4.78, 5) is 12.2. The van der Waals surface area contributed by atoms with Gasteiger partial charge in [-0.25, -0.2) is 0 Å². The van der Waals surface area contributed by atoms with Gasteiger partial charge in [0.1, 0.15) is 11.4 Å². The number of carbonyl (C=O) groups excluding carboxylic acids is 1. The maximum atomic E-state index is 12.2. The summed E-state index contributed by atoms with van der Waals surface area (Å²) in [5.41, 5.74) is -0.692. The minimum Gasteiger partial charge on any atom is -0.490 e. The molecule has 1 fully saturated rings. The fourth-order valence-corrected chi connectivity index (χ4v) is 1.90. The summed E-state index contributed by atoms with van der Waals surface area (Å²) in [5, 5.41) is 10.2. The molecule has 0 saturated heterocycles. The molecule has 1 aliphatic carbocycles. The molecule has 0 atom stereocenters. The van der Waals surface area contributed by atoms with E-state index in [0.717, 1.165) is 18.6 Å². The molecule has 0 aromatic heterocycles. The van der Waals surface area contributed by atoms with Gasteiger partial charge in [0.05, 0.1) is 6.10 Å². The molecule has 0 aliphatic heterocycles. The lowest BCUT2D eigenvalue weighted by atomic mass is 9.88. The molecule has 0 bridgehead atoms. The smallest absolute Gasteiger partial charge is 0.194 e. The largest absolute Gasteiger partial charge is 0.490 e. The van der Waals surface area contributed by atoms with Gasteiger partial charge in [-0.05, 0) is 49.9 Å². The van der Waals surface area contributed by atoms with Gasteiger partial charge >= 0.3 is 0 Å². The van der Waals surface area contributed by atoms with Crippen LogP contribution in [0.2, 0.25) is 0 Å². The Hall–Kier alpha value is -1.35. The third-order valence-corrected chi connectivity index (χ3v) is 3.54. The molecule has 0 radical (unpaired) electrons. The van der Waals surface area contributed by atoms with Crippen molar-refractivity contribution in [3.05, 3.63) is 29.8 Å². The first-order valence-corrected chi connectivity index (χ1v) is 6.63. The highest BCUT2D eigenvalue weighted by Crippen LogP contribution is 2.28. The topological polar surface area (TPSA) is 46.5 Å². The summed E-state index contributed by atoms with van der Waals surface area (Å²) in [6.45, 7) is 3.65. The second-order valence-corrected chi connectivity index (χ2v) is 4.91. The predicted molar refractivity (Wildman–Crippen MR) is 70.0 cm³/mol. The maximum Gasteiger partial charge on any atom is 0.194 e. The highest BCUT2D eigenvalue weighted by Gasteiger charge is 2.32. The van der Waals surface area contributed by atoms with E-state index in [1.807, 2.05) is 13.8 Å². The zero-order valence-corrected chi connectivity index (χ0v) is 11.0. The normalized spacial score (nSPS) is 15.5. The van der Waals surface area contributed by atoms with Crippen LogP contribution < -0.4 is 4.74 Å². The van der Waals surface area contributed by atoms with E-state index >= 15 is 0 Å². The van der Waals surface area contributed by atoms with Gasteiger partial charge in [0.15, 0.2) is 5.78 Å². The number of ether oxygens (including phenoxy) is 1. The molecular weight excluding hydrogens is 228 g/mol. The highest BCUT2D eigenvalue weighted by atomic mass is 16.5. The van der Waals surface area contributed by atoms with E-state index in [2.05, 4.69) is 0 Å². The average Bonchev–Trinajstić information content (AvgIpc) is 3.22. The van der Waals surface area contributed by atoms with Gasteiger partial charge < -0.3 is 9.84 Å². The molecule has 3 heteroatoms. The van der Waals surface area contributed by atoms with E-state index in [1.54, 1.807) is 24.3 Å². The van der Waals surface area contributed by atoms with E-state index in [-0.39, 0.29) is 5.78 Å². The van der Waals surface area contributed by atoms with Crippen molar-refractivity contribution in [3.63, 3.8) is 0 Å². The van der Waals surface area contributed by atoms with Gasteiger partial charge in [-0.3, -0.25) is 4.79 Å². The third-order valence-electron chi connectivity index (χ3n) is 3.54. The number of hydrogen-bond donors (Lipinski definition) is 1. The van der Waals surface area contributed by atoms with Crippen molar-refractivity contribution < 1.29 is 14.6 Å². The Morgan fingerprint density at radius 1 is 1.28 bits per heavy atom. The van der Waals surface area contributed by atoms with E-state index in [4.69, 9.17) is 4.74 Å². The van der Waals surface area contributed by atoms with E-state index < -0.39 is 5.60 Å². The first-order chi connectivity index (χ1) is 8.59. The predicted octanol–water partition coefficient (Wildman–Crippen LogP) is 2.96. The van der Waals surface area contributed by atoms with Crippen LogP contribution >= 0.6 is 0 Å². The molecule has 1 N–H and O–H groups in total. The quantitative estimate of drug-likeness (QED) is 0.787. The Bertz CT molecular complexity index is 414. The molecule has 1 aromatic carbocycles. The summed E-state index contributed by atoms with van der Waals surface area (Å²) in [7, 11) is 0. The van der Waals surface area contributed by atoms with Crippen LogP contribution in [-0.2, 0) is 0 Å². The number of rotatable bonds is 6. The number of Topliss-reactive ketones (excluding diaryl/α,β-unsaturated/α-hetero) is 1. The third kappa shape index (κ3) is 2.72. The van der Waals surface area contributed by atoms with Gasteiger partial charge in [0.2, 0.25) is 0 Å². The lowest BCUT2D eigenvalue weighted by Crippen LogP contribution is -2.37. The summed E-state index contributed by atoms with van der Waals surface area (Å²) in [6, 6.07) is 7.07. The number of carbonyl (C=O) groups is 1. The fraction of sp³-hybridized carbons (Fsp3) is 0.533. The molecular formula is C15H20O3.